The number of hydrogen-bond acceptors (Lipinski definition) is 6. The number of allylic oxidation sites excluding steroid dienone is 2. The third kappa shape index (κ3) is 6.22. The number of rotatable bonds is 8. The first-order valence-corrected chi connectivity index (χ1v) is 13.8. The van der Waals surface area contributed by atoms with E-state index in [2.05, 4.69) is 22.0 Å². The van der Waals surface area contributed by atoms with Gasteiger partial charge in [-0.25, -0.2) is 0 Å². The molecule has 0 saturated carbocycles. The lowest BCUT2D eigenvalue weighted by atomic mass is 9.85. The molecule has 0 radical (unpaired) electrons. The molecule has 2 aromatic carbocycles. The van der Waals surface area contributed by atoms with Gasteiger partial charge in [0.15, 0.2) is 0 Å². The zero-order chi connectivity index (χ0) is 28.1. The van der Waals surface area contributed by atoms with Crippen LogP contribution in [0.25, 0.3) is 0 Å². The molecule has 2 amide bonds. The molecule has 9 heteroatoms. The largest absolute Gasteiger partial charge is 0.468 e. The van der Waals surface area contributed by atoms with Crippen LogP contribution in [0.15, 0.2) is 81.1 Å². The van der Waals surface area contributed by atoms with Crippen LogP contribution in [0.1, 0.15) is 42.2 Å². The first kappa shape index (κ1) is 28.1. The van der Waals surface area contributed by atoms with Crippen LogP contribution < -0.4 is 16.0 Å². The van der Waals surface area contributed by atoms with Gasteiger partial charge in [0.05, 0.1) is 40.2 Å². The van der Waals surface area contributed by atoms with Crippen molar-refractivity contribution < 1.29 is 14.0 Å². The molecule has 3 N–H and O–H groups in total. The number of carbonyl (C=O) groups is 2. The number of hydrogen-bond donors (Lipinski definition) is 3. The lowest BCUT2D eigenvalue weighted by Gasteiger charge is -2.28. The van der Waals surface area contributed by atoms with Crippen LogP contribution in [0.5, 0.6) is 0 Å². The van der Waals surface area contributed by atoms with Crippen LogP contribution in [0.3, 0.4) is 0 Å². The summed E-state index contributed by atoms with van der Waals surface area (Å²) < 4.78 is 5.70. The predicted octanol–water partition coefficient (Wildman–Crippen LogP) is 6.82. The second kappa shape index (κ2) is 12.3. The van der Waals surface area contributed by atoms with Crippen LogP contribution in [0.4, 0.5) is 11.4 Å². The molecule has 1 aromatic heterocycles. The number of carbonyl (C=O) groups excluding carboxylic acids is 2. The quantitative estimate of drug-likeness (QED) is 0.279. The van der Waals surface area contributed by atoms with Crippen molar-refractivity contribution in [1.29, 1.82) is 5.26 Å². The minimum atomic E-state index is -0.734. The third-order valence-corrected chi connectivity index (χ3v) is 7.93. The molecule has 7 nitrogen and oxygen atoms in total. The normalized spacial score (nSPS) is 15.0. The van der Waals surface area contributed by atoms with Gasteiger partial charge in [0.2, 0.25) is 5.91 Å². The van der Waals surface area contributed by atoms with Gasteiger partial charge in [-0.15, -0.1) is 0 Å². The zero-order valence-corrected chi connectivity index (χ0v) is 23.7. The van der Waals surface area contributed by atoms with Crippen LogP contribution in [0, 0.1) is 25.2 Å². The number of nitrogens with zero attached hydrogens (tertiary/aromatic N) is 1. The van der Waals surface area contributed by atoms with Crippen LogP contribution in [-0.2, 0) is 16.0 Å². The van der Waals surface area contributed by atoms with Gasteiger partial charge in [0.1, 0.15) is 5.76 Å². The summed E-state index contributed by atoms with van der Waals surface area (Å²) >= 11 is 7.36. The number of anilines is 2. The molecule has 1 unspecified atom stereocenters. The zero-order valence-electron chi connectivity index (χ0n) is 22.1. The molecule has 2 heterocycles. The molecule has 39 heavy (non-hydrogen) atoms. The van der Waals surface area contributed by atoms with Crippen molar-refractivity contribution in [2.75, 3.05) is 16.4 Å². The number of aryl methyl sites for hydroxylation is 3. The van der Waals surface area contributed by atoms with E-state index < -0.39 is 5.92 Å². The van der Waals surface area contributed by atoms with Crippen molar-refractivity contribution in [2.45, 2.75) is 40.0 Å². The Balaban J connectivity index is 1.60. The fraction of sp³-hybridized carbons (Fsp3) is 0.233. The predicted molar refractivity (Wildman–Crippen MR) is 156 cm³/mol. The first-order valence-electron chi connectivity index (χ1n) is 12.5. The number of halogens is 1. The molecule has 1 atom stereocenters. The van der Waals surface area contributed by atoms with Crippen molar-refractivity contribution in [3.63, 3.8) is 0 Å². The molecule has 0 fully saturated rings. The average molecular weight is 561 g/mol. The molecular formula is C30H29ClN4O3S. The fourth-order valence-corrected chi connectivity index (χ4v) is 5.53. The summed E-state index contributed by atoms with van der Waals surface area (Å²) in [4.78, 5) is 26.4. The summed E-state index contributed by atoms with van der Waals surface area (Å²) in [6.07, 6.45) is 2.27. The summed E-state index contributed by atoms with van der Waals surface area (Å²) in [5, 5.41) is 20.4. The van der Waals surface area contributed by atoms with E-state index in [0.717, 1.165) is 28.8 Å². The summed E-state index contributed by atoms with van der Waals surface area (Å²) in [5.74, 6) is -0.798. The maximum absolute atomic E-state index is 13.7. The highest BCUT2D eigenvalue weighted by Crippen LogP contribution is 2.41. The number of nitrogens with one attached hydrogen (secondary N) is 3. The smallest absolute Gasteiger partial charge is 0.254 e. The first-order chi connectivity index (χ1) is 18.7. The number of benzene rings is 2. The van der Waals surface area contributed by atoms with E-state index in [0.29, 0.717) is 38.3 Å². The highest BCUT2D eigenvalue weighted by molar-refractivity contribution is 8.03. The van der Waals surface area contributed by atoms with Crippen LogP contribution >= 0.6 is 23.4 Å². The Morgan fingerprint density at radius 2 is 1.90 bits per heavy atom. The Kier molecular flexibility index (Phi) is 8.85. The maximum Gasteiger partial charge on any atom is 0.254 e. The second-order valence-electron chi connectivity index (χ2n) is 9.18. The number of para-hydroxylation sites is 1. The van der Waals surface area contributed by atoms with Gasteiger partial charge in [-0.05, 0) is 68.1 Å². The molecule has 0 bridgehead atoms. The molecule has 1 aliphatic rings. The monoisotopic (exact) mass is 560 g/mol. The molecule has 4 rings (SSSR count). The van der Waals surface area contributed by atoms with Crippen LogP contribution in [0.2, 0.25) is 5.02 Å². The van der Waals surface area contributed by atoms with E-state index >= 15 is 0 Å². The van der Waals surface area contributed by atoms with E-state index in [1.807, 2.05) is 45.0 Å². The molecule has 200 valence electrons. The number of dihydropyridines is 1. The van der Waals surface area contributed by atoms with Crippen molar-refractivity contribution >= 4 is 46.6 Å². The maximum atomic E-state index is 13.7. The summed E-state index contributed by atoms with van der Waals surface area (Å²) in [7, 11) is 0. The minimum Gasteiger partial charge on any atom is -0.468 e. The number of amides is 2. The van der Waals surface area contributed by atoms with Gasteiger partial charge >= 0.3 is 0 Å². The van der Waals surface area contributed by atoms with Crippen molar-refractivity contribution in [3.05, 3.63) is 104 Å². The fourth-order valence-electron chi connectivity index (χ4n) is 4.46. The SMILES string of the molecule is CCc1cccc(C)c1NC(=O)C1=C(C)NC(SCC(=O)Nc2ccc(C)c(Cl)c2)=C(C#N)C1c1ccco1. The van der Waals surface area contributed by atoms with E-state index in [1.54, 1.807) is 31.2 Å². The molecule has 0 spiro atoms. The summed E-state index contributed by atoms with van der Waals surface area (Å²) in [5.41, 5.74) is 5.51. The molecule has 0 aliphatic carbocycles. The van der Waals surface area contributed by atoms with Gasteiger partial charge in [-0.3, -0.25) is 9.59 Å². The van der Waals surface area contributed by atoms with Crippen molar-refractivity contribution in [1.82, 2.24) is 5.32 Å². The van der Waals surface area contributed by atoms with Gasteiger partial charge in [-0.2, -0.15) is 5.26 Å². The van der Waals surface area contributed by atoms with Crippen LogP contribution in [-0.4, -0.2) is 17.6 Å². The van der Waals surface area contributed by atoms with E-state index in [-0.39, 0.29) is 17.6 Å². The Morgan fingerprint density at radius 1 is 1.10 bits per heavy atom. The highest BCUT2D eigenvalue weighted by Gasteiger charge is 2.36. The summed E-state index contributed by atoms with van der Waals surface area (Å²) in [6.45, 7) is 7.65. The van der Waals surface area contributed by atoms with E-state index in [9.17, 15) is 14.9 Å². The van der Waals surface area contributed by atoms with Crippen molar-refractivity contribution in [2.24, 2.45) is 0 Å². The number of thioether (sulfide) groups is 1. The topological polar surface area (TPSA) is 107 Å². The lowest BCUT2D eigenvalue weighted by Crippen LogP contribution is -2.31. The average Bonchev–Trinajstić information content (AvgIpc) is 3.45. The van der Waals surface area contributed by atoms with E-state index in [1.165, 1.54) is 18.0 Å². The molecule has 0 saturated heterocycles. The summed E-state index contributed by atoms with van der Waals surface area (Å²) in [6, 6.07) is 16.9. The second-order valence-corrected chi connectivity index (χ2v) is 10.6. The third-order valence-electron chi connectivity index (χ3n) is 6.50. The molecule has 3 aromatic rings. The highest BCUT2D eigenvalue weighted by atomic mass is 35.5. The van der Waals surface area contributed by atoms with E-state index in [4.69, 9.17) is 16.0 Å². The molecule has 1 aliphatic heterocycles. The van der Waals surface area contributed by atoms with Gasteiger partial charge in [-0.1, -0.05) is 54.6 Å². The van der Waals surface area contributed by atoms with Crippen molar-refractivity contribution in [3.8, 4) is 6.07 Å². The Hall–Kier alpha value is -3.93. The standard InChI is InChI=1S/C30H29ClN4O3S/c1-5-20-9-6-8-18(3)28(20)35-29(37)26-19(4)33-30(22(15-32)27(26)24-10-7-13-38-24)39-16-25(36)34-21-12-11-17(2)23(31)14-21/h6-14,27,33H,5,16H2,1-4H3,(H,34,36)(H,35,37). The van der Waals surface area contributed by atoms with Gasteiger partial charge < -0.3 is 20.4 Å². The Labute approximate surface area is 237 Å². The number of furan rings is 1. The minimum absolute atomic E-state index is 0.0434. The molecular weight excluding hydrogens is 532 g/mol. The Morgan fingerprint density at radius 3 is 2.56 bits per heavy atom. The lowest BCUT2D eigenvalue weighted by molar-refractivity contribution is -0.114. The number of nitriles is 1. The van der Waals surface area contributed by atoms with Gasteiger partial charge in [0.25, 0.3) is 5.91 Å². The van der Waals surface area contributed by atoms with Gasteiger partial charge in [0, 0.05) is 22.1 Å². The Bertz CT molecular complexity index is 1520.